The van der Waals surface area contributed by atoms with E-state index in [9.17, 15) is 14.4 Å². The predicted molar refractivity (Wildman–Crippen MR) is 102 cm³/mol. The van der Waals surface area contributed by atoms with Gasteiger partial charge in [-0.1, -0.05) is 4.99 Å². The van der Waals surface area contributed by atoms with Crippen molar-refractivity contribution < 1.29 is 23.7 Å². The third-order valence-electron chi connectivity index (χ3n) is 4.93. The minimum atomic E-state index is -0.824. The zero-order chi connectivity index (χ0) is 20.9. The molecule has 0 bridgehead atoms. The van der Waals surface area contributed by atoms with Crippen molar-refractivity contribution in [1.82, 2.24) is 14.4 Å². The molecule has 2 aliphatic rings. The number of carbonyl (C=O) groups excluding carboxylic acids is 3. The summed E-state index contributed by atoms with van der Waals surface area (Å²) in [6.07, 6.45) is 1.80. The quantitative estimate of drug-likeness (QED) is 0.737. The number of primary amides is 1. The van der Waals surface area contributed by atoms with Crippen molar-refractivity contribution >= 4 is 29.6 Å². The Morgan fingerprint density at radius 2 is 1.97 bits per heavy atom. The average molecular weight is 397 g/mol. The number of imidazole rings is 1. The molecule has 4 rings (SSSR count). The number of carbonyl (C=O) groups is 3. The monoisotopic (exact) mass is 397 g/mol. The fourth-order valence-electron chi connectivity index (χ4n) is 3.66. The first-order valence-electron chi connectivity index (χ1n) is 9.16. The largest absolute Gasteiger partial charge is 0.494 e. The average Bonchev–Trinajstić information content (AvgIpc) is 3.19. The number of urea groups is 1. The molecule has 2 aromatic rings. The lowest BCUT2D eigenvalue weighted by molar-refractivity contribution is -0.676. The van der Waals surface area contributed by atoms with E-state index in [1.54, 1.807) is 10.8 Å². The molecule has 3 heterocycles. The van der Waals surface area contributed by atoms with E-state index in [1.165, 1.54) is 11.9 Å². The molecule has 4 amide bonds. The van der Waals surface area contributed by atoms with Crippen LogP contribution in [0.4, 0.5) is 10.7 Å². The Balaban J connectivity index is 1.78. The third kappa shape index (κ3) is 2.84. The molecule has 1 saturated heterocycles. The zero-order valence-corrected chi connectivity index (χ0v) is 16.3. The lowest BCUT2D eigenvalue weighted by Crippen LogP contribution is -2.63. The van der Waals surface area contributed by atoms with Crippen LogP contribution in [0.25, 0.3) is 5.69 Å². The standard InChI is InChI=1S/C19H20N6O4/c1-4-29-13-7-5-12(6-8-13)25-11(2)9-23-15-16(21-18(23)25)22(3)19(28)24(17(15)27)10-14(20)26/h5-9,15H,4,10H2,1-3H3,(H-,20,26)/p+1. The minimum Gasteiger partial charge on any atom is -0.494 e. The summed E-state index contributed by atoms with van der Waals surface area (Å²) >= 11 is 0. The Bertz CT molecular complexity index is 1060. The summed E-state index contributed by atoms with van der Waals surface area (Å²) in [4.78, 5) is 43.5. The highest BCUT2D eigenvalue weighted by atomic mass is 16.5. The number of amides is 4. The summed E-state index contributed by atoms with van der Waals surface area (Å²) in [6.45, 7) is 3.93. The van der Waals surface area contributed by atoms with E-state index in [2.05, 4.69) is 4.99 Å². The van der Waals surface area contributed by atoms with Gasteiger partial charge in [-0.3, -0.25) is 19.4 Å². The van der Waals surface area contributed by atoms with Gasteiger partial charge >= 0.3 is 12.0 Å². The summed E-state index contributed by atoms with van der Waals surface area (Å²) < 4.78 is 9.09. The molecule has 1 aromatic carbocycles. The molecule has 10 nitrogen and oxygen atoms in total. The second-order valence-electron chi connectivity index (χ2n) is 6.84. The predicted octanol–water partition coefficient (Wildman–Crippen LogP) is 0.436. The molecular weight excluding hydrogens is 376 g/mol. The van der Waals surface area contributed by atoms with Crippen molar-refractivity contribution in [3.8, 4) is 11.4 Å². The van der Waals surface area contributed by atoms with Gasteiger partial charge in [-0.05, 0) is 38.1 Å². The minimum absolute atomic E-state index is 0.315. The second-order valence-corrected chi connectivity index (χ2v) is 6.84. The first-order chi connectivity index (χ1) is 13.8. The number of benzene rings is 1. The van der Waals surface area contributed by atoms with Gasteiger partial charge in [0.15, 0.2) is 0 Å². The number of hydrogen-bond donors (Lipinski definition) is 1. The Morgan fingerprint density at radius 3 is 2.59 bits per heavy atom. The maximum Gasteiger partial charge on any atom is 0.406 e. The van der Waals surface area contributed by atoms with Crippen LogP contribution in [0.15, 0.2) is 35.5 Å². The molecular formula is C19H21N6O4+. The maximum atomic E-state index is 13.0. The lowest BCUT2D eigenvalue weighted by Gasteiger charge is -2.32. The number of aliphatic imine (C=N–C) groups is 1. The van der Waals surface area contributed by atoms with E-state index < -0.39 is 30.4 Å². The molecule has 0 spiro atoms. The van der Waals surface area contributed by atoms with Crippen LogP contribution in [0.1, 0.15) is 18.7 Å². The molecule has 0 saturated carbocycles. The number of rotatable bonds is 5. The van der Waals surface area contributed by atoms with Crippen molar-refractivity contribution in [2.75, 3.05) is 20.2 Å². The van der Waals surface area contributed by atoms with Gasteiger partial charge in [-0.2, -0.15) is 4.57 Å². The number of aromatic nitrogens is 2. The van der Waals surface area contributed by atoms with E-state index in [4.69, 9.17) is 10.5 Å². The first kappa shape index (κ1) is 18.7. The molecule has 1 atom stereocenters. The van der Waals surface area contributed by atoms with E-state index in [1.807, 2.05) is 42.7 Å². The zero-order valence-electron chi connectivity index (χ0n) is 16.3. The number of amidine groups is 1. The van der Waals surface area contributed by atoms with Gasteiger partial charge in [0.1, 0.15) is 29.9 Å². The highest BCUT2D eigenvalue weighted by molar-refractivity contribution is 6.19. The van der Waals surface area contributed by atoms with Crippen molar-refractivity contribution in [3.63, 3.8) is 0 Å². The van der Waals surface area contributed by atoms with Gasteiger partial charge in [-0.15, -0.1) is 0 Å². The Morgan fingerprint density at radius 1 is 1.28 bits per heavy atom. The number of aryl methyl sites for hydroxylation is 1. The van der Waals surface area contributed by atoms with Gasteiger partial charge in [0.05, 0.1) is 6.61 Å². The number of fused-ring (bicyclic) bond motifs is 3. The lowest BCUT2D eigenvalue weighted by atomic mass is 10.1. The van der Waals surface area contributed by atoms with E-state index in [0.29, 0.717) is 18.4 Å². The molecule has 1 aromatic heterocycles. The SMILES string of the molecule is CCOc1ccc(-n2c(C)c[n+]3c2N=C2C3C(=O)N(CC(N)=O)C(=O)N2C)cc1. The smallest absolute Gasteiger partial charge is 0.406 e. The molecule has 29 heavy (non-hydrogen) atoms. The van der Waals surface area contributed by atoms with Gasteiger partial charge < -0.3 is 10.5 Å². The maximum absolute atomic E-state index is 13.0. The number of imide groups is 1. The van der Waals surface area contributed by atoms with Gasteiger partial charge in [-0.25, -0.2) is 9.36 Å². The van der Waals surface area contributed by atoms with Crippen LogP contribution in [-0.2, 0) is 9.59 Å². The Hall–Kier alpha value is -3.69. The Kier molecular flexibility index (Phi) is 4.33. The van der Waals surface area contributed by atoms with Gasteiger partial charge in [0.25, 0.3) is 5.91 Å². The molecule has 2 N–H and O–H groups in total. The van der Waals surface area contributed by atoms with Crippen LogP contribution in [-0.4, -0.2) is 58.2 Å². The van der Waals surface area contributed by atoms with E-state index in [-0.39, 0.29) is 0 Å². The van der Waals surface area contributed by atoms with Crippen LogP contribution < -0.4 is 15.0 Å². The number of hydrogen-bond acceptors (Lipinski definition) is 5. The van der Waals surface area contributed by atoms with Crippen molar-refractivity contribution in [3.05, 3.63) is 36.2 Å². The molecule has 1 fully saturated rings. The summed E-state index contributed by atoms with van der Waals surface area (Å²) in [7, 11) is 1.52. The first-order valence-corrected chi connectivity index (χ1v) is 9.16. The highest BCUT2D eigenvalue weighted by Crippen LogP contribution is 2.31. The summed E-state index contributed by atoms with van der Waals surface area (Å²) in [5.74, 6) is 0.300. The normalized spacial score (nSPS) is 17.9. The number of likely N-dealkylation sites (N-methyl/N-ethyl adjacent to an activating group) is 1. The molecule has 1 unspecified atom stereocenters. The van der Waals surface area contributed by atoms with Crippen LogP contribution in [0, 0.1) is 6.92 Å². The van der Waals surface area contributed by atoms with Gasteiger partial charge in [0, 0.05) is 7.05 Å². The Labute approximate surface area is 166 Å². The van der Waals surface area contributed by atoms with Crippen molar-refractivity contribution in [2.45, 2.75) is 19.9 Å². The van der Waals surface area contributed by atoms with Crippen molar-refractivity contribution in [1.29, 1.82) is 0 Å². The topological polar surface area (TPSA) is 114 Å². The number of ether oxygens (including phenoxy) is 1. The fourth-order valence-corrected chi connectivity index (χ4v) is 3.66. The van der Waals surface area contributed by atoms with Gasteiger partial charge in [0.2, 0.25) is 17.8 Å². The molecule has 0 radical (unpaired) electrons. The number of nitrogens with two attached hydrogens (primary N) is 1. The third-order valence-corrected chi connectivity index (χ3v) is 4.93. The van der Waals surface area contributed by atoms with Crippen LogP contribution >= 0.6 is 0 Å². The highest BCUT2D eigenvalue weighted by Gasteiger charge is 2.53. The summed E-state index contributed by atoms with van der Waals surface area (Å²) in [5, 5.41) is 0. The van der Waals surface area contributed by atoms with E-state index >= 15 is 0 Å². The fraction of sp³-hybridized carbons (Fsp3) is 0.316. The summed E-state index contributed by atoms with van der Waals surface area (Å²) in [6, 6.07) is 6.07. The van der Waals surface area contributed by atoms with Crippen LogP contribution in [0.5, 0.6) is 5.75 Å². The van der Waals surface area contributed by atoms with Crippen molar-refractivity contribution in [2.24, 2.45) is 10.7 Å². The van der Waals surface area contributed by atoms with Crippen LogP contribution in [0.2, 0.25) is 0 Å². The molecule has 0 aliphatic carbocycles. The second kappa shape index (κ2) is 6.73. The molecule has 10 heteroatoms. The number of nitrogens with zero attached hydrogens (tertiary/aromatic N) is 5. The molecule has 2 aliphatic heterocycles. The summed E-state index contributed by atoms with van der Waals surface area (Å²) in [5.41, 5.74) is 6.92. The molecule has 150 valence electrons. The van der Waals surface area contributed by atoms with Crippen LogP contribution in [0.3, 0.4) is 0 Å². The van der Waals surface area contributed by atoms with E-state index in [0.717, 1.165) is 22.0 Å².